The van der Waals surface area contributed by atoms with Crippen LogP contribution in [0.15, 0.2) is 35.3 Å². The smallest absolute Gasteiger partial charge is 0.326 e. The molecule has 3 rings (SSSR count). The van der Waals surface area contributed by atoms with E-state index in [-0.39, 0.29) is 53.0 Å². The van der Waals surface area contributed by atoms with E-state index in [0.29, 0.717) is 11.4 Å². The lowest BCUT2D eigenvalue weighted by Crippen LogP contribution is -2.41. The number of aromatic amines is 1. The lowest BCUT2D eigenvalue weighted by atomic mass is 10.1. The van der Waals surface area contributed by atoms with E-state index in [0.717, 1.165) is 0 Å². The fourth-order valence-corrected chi connectivity index (χ4v) is 2.75. The Hall–Kier alpha value is -4.33. The first kappa shape index (κ1) is 24.9. The first-order valence-corrected chi connectivity index (χ1v) is 9.33. The lowest BCUT2D eigenvalue weighted by Gasteiger charge is -2.14. The normalized spacial score (nSPS) is 11.3. The molecule has 170 valence electrons. The molecule has 1 aromatic carbocycles. The molecule has 14 heteroatoms. The van der Waals surface area contributed by atoms with Crippen molar-refractivity contribution in [2.75, 3.05) is 11.1 Å². The largest absolute Gasteiger partial charge is 0.481 e. The summed E-state index contributed by atoms with van der Waals surface area (Å²) in [5.74, 6) is -3.16. The van der Waals surface area contributed by atoms with Crippen molar-refractivity contribution in [2.45, 2.75) is 25.4 Å². The summed E-state index contributed by atoms with van der Waals surface area (Å²) in [5, 5.41) is 23.2. The van der Waals surface area contributed by atoms with Gasteiger partial charge in [0.25, 0.3) is 11.5 Å². The maximum absolute atomic E-state index is 12.3. The number of amides is 1. The number of anilines is 2. The van der Waals surface area contributed by atoms with Gasteiger partial charge in [-0.25, -0.2) is 14.8 Å². The van der Waals surface area contributed by atoms with E-state index in [2.05, 4.69) is 30.6 Å². The number of nitrogens with zero attached hydrogens (tertiary/aromatic N) is 3. The van der Waals surface area contributed by atoms with Crippen LogP contribution in [-0.4, -0.2) is 65.0 Å². The molecule has 2 aromatic heterocycles. The van der Waals surface area contributed by atoms with Crippen LogP contribution in [-0.2, 0) is 16.1 Å². The van der Waals surface area contributed by atoms with Gasteiger partial charge in [-0.1, -0.05) is 0 Å². The Kier molecular flexibility index (Phi) is 8.17. The second kappa shape index (κ2) is 10.8. The van der Waals surface area contributed by atoms with E-state index in [9.17, 15) is 19.2 Å². The summed E-state index contributed by atoms with van der Waals surface area (Å²) in [5.41, 5.74) is 6.47. The van der Waals surface area contributed by atoms with Gasteiger partial charge in [0.1, 0.15) is 6.04 Å². The Morgan fingerprint density at radius 2 is 1.82 bits per heavy atom. The molecule has 13 nitrogen and oxygen atoms in total. The van der Waals surface area contributed by atoms with Crippen LogP contribution in [0.3, 0.4) is 0 Å². The standard InChI is InChI=1S/C19H19N7O6.Si/c20-19-25-15-14(17(30)26-19)23-11(8-22-15)7-21-10-3-1-9(2-4-10)16(29)24-12(18(31)32)5-6-13(27)28;/h1-4,8,12,21H,5-7H2,(H,24,29)(H,27,28)(H,31,32)(H3,20,22,25,26,30);/t12-;/m0./s1. The van der Waals surface area contributed by atoms with Crippen molar-refractivity contribution in [3.05, 3.63) is 52.1 Å². The predicted molar refractivity (Wildman–Crippen MR) is 118 cm³/mol. The fraction of sp³-hybridized carbons (Fsp3) is 0.211. The van der Waals surface area contributed by atoms with Gasteiger partial charge in [-0.15, -0.1) is 0 Å². The van der Waals surface area contributed by atoms with Crippen molar-refractivity contribution >= 4 is 51.6 Å². The van der Waals surface area contributed by atoms with Crippen LogP contribution < -0.4 is 21.9 Å². The Morgan fingerprint density at radius 3 is 2.45 bits per heavy atom. The van der Waals surface area contributed by atoms with Crippen LogP contribution in [0.5, 0.6) is 0 Å². The minimum atomic E-state index is -1.31. The number of nitrogen functional groups attached to an aromatic ring is 1. The van der Waals surface area contributed by atoms with Gasteiger partial charge in [0.2, 0.25) is 5.95 Å². The molecular weight excluding hydrogens is 450 g/mol. The first-order valence-electron chi connectivity index (χ1n) is 9.33. The van der Waals surface area contributed by atoms with Crippen LogP contribution in [0.2, 0.25) is 0 Å². The summed E-state index contributed by atoms with van der Waals surface area (Å²) in [6.45, 7) is 0.231. The molecule has 1 amide bonds. The first-order chi connectivity index (χ1) is 15.2. The number of H-pyrrole nitrogens is 1. The number of hydrogen-bond acceptors (Lipinski definition) is 9. The highest BCUT2D eigenvalue weighted by Crippen LogP contribution is 2.12. The van der Waals surface area contributed by atoms with Gasteiger partial charge >= 0.3 is 11.9 Å². The number of hydrogen-bond donors (Lipinski definition) is 6. The van der Waals surface area contributed by atoms with Gasteiger partial charge in [0.15, 0.2) is 11.2 Å². The van der Waals surface area contributed by atoms with E-state index in [4.69, 9.17) is 15.9 Å². The Bertz CT molecular complexity index is 1230. The van der Waals surface area contributed by atoms with Crippen LogP contribution in [0.4, 0.5) is 11.6 Å². The van der Waals surface area contributed by atoms with E-state index in [1.807, 2.05) is 0 Å². The topological polar surface area (TPSA) is 213 Å². The number of benzene rings is 1. The Balaban J connectivity index is 0.00000385. The van der Waals surface area contributed by atoms with Crippen molar-refractivity contribution in [1.29, 1.82) is 0 Å². The van der Waals surface area contributed by atoms with Gasteiger partial charge in [-0.2, -0.15) is 4.98 Å². The average molecular weight is 469 g/mol. The molecule has 4 radical (unpaired) electrons. The van der Waals surface area contributed by atoms with E-state index in [1.54, 1.807) is 12.1 Å². The average Bonchev–Trinajstić information content (AvgIpc) is 2.75. The minimum absolute atomic E-state index is 0. The van der Waals surface area contributed by atoms with Crippen molar-refractivity contribution in [2.24, 2.45) is 0 Å². The SMILES string of the molecule is Nc1nc2ncc(CNc3ccc(C(=O)N[C@@H](CCC(=O)O)C(=O)O)cc3)nc2c(=O)[nH]1.[Si]. The van der Waals surface area contributed by atoms with Gasteiger partial charge in [0.05, 0.1) is 18.4 Å². The molecule has 0 saturated carbocycles. The number of carboxylic acid groups (broad SMARTS) is 2. The Morgan fingerprint density at radius 1 is 1.12 bits per heavy atom. The van der Waals surface area contributed by atoms with Crippen LogP contribution >= 0.6 is 0 Å². The zero-order valence-electron chi connectivity index (χ0n) is 17.0. The second-order valence-corrected chi connectivity index (χ2v) is 6.71. The fourth-order valence-electron chi connectivity index (χ4n) is 2.75. The van der Waals surface area contributed by atoms with E-state index in [1.165, 1.54) is 18.3 Å². The number of nitrogens with one attached hydrogen (secondary N) is 3. The molecular formula is C19H19N7O6Si. The third-order valence-electron chi connectivity index (χ3n) is 4.36. The quantitative estimate of drug-likeness (QED) is 0.221. The van der Waals surface area contributed by atoms with Gasteiger partial charge < -0.3 is 26.6 Å². The molecule has 33 heavy (non-hydrogen) atoms. The molecule has 7 N–H and O–H groups in total. The van der Waals surface area contributed by atoms with Crippen molar-refractivity contribution in [1.82, 2.24) is 25.3 Å². The summed E-state index contributed by atoms with van der Waals surface area (Å²) >= 11 is 0. The van der Waals surface area contributed by atoms with Crippen molar-refractivity contribution in [3.63, 3.8) is 0 Å². The number of rotatable bonds is 9. The monoisotopic (exact) mass is 469 g/mol. The molecule has 0 spiro atoms. The zero-order chi connectivity index (χ0) is 23.3. The summed E-state index contributed by atoms with van der Waals surface area (Å²) in [7, 11) is 0. The number of carbonyl (C=O) groups excluding carboxylic acids is 1. The van der Waals surface area contributed by atoms with Gasteiger partial charge in [-0.05, 0) is 30.7 Å². The maximum atomic E-state index is 12.3. The molecule has 0 saturated heterocycles. The van der Waals surface area contributed by atoms with E-state index < -0.39 is 29.4 Å². The molecule has 0 aliphatic rings. The minimum Gasteiger partial charge on any atom is -0.481 e. The summed E-state index contributed by atoms with van der Waals surface area (Å²) in [6, 6.07) is 4.86. The number of carboxylic acids is 2. The van der Waals surface area contributed by atoms with Crippen LogP contribution in [0.1, 0.15) is 28.9 Å². The lowest BCUT2D eigenvalue weighted by molar-refractivity contribution is -0.140. The summed E-state index contributed by atoms with van der Waals surface area (Å²) in [6.07, 6.45) is 0.840. The molecule has 3 aromatic rings. The number of aromatic nitrogens is 4. The van der Waals surface area contributed by atoms with Gasteiger partial charge in [-0.3, -0.25) is 19.4 Å². The highest BCUT2D eigenvalue weighted by Gasteiger charge is 2.21. The maximum Gasteiger partial charge on any atom is 0.326 e. The zero-order valence-corrected chi connectivity index (χ0v) is 18.0. The van der Waals surface area contributed by atoms with Crippen molar-refractivity contribution < 1.29 is 24.6 Å². The van der Waals surface area contributed by atoms with E-state index >= 15 is 0 Å². The number of carbonyl (C=O) groups is 3. The van der Waals surface area contributed by atoms with Crippen LogP contribution in [0, 0.1) is 0 Å². The molecule has 0 unspecified atom stereocenters. The number of fused-ring (bicyclic) bond motifs is 1. The molecule has 1 atom stereocenters. The predicted octanol–water partition coefficient (Wildman–Crippen LogP) is -0.426. The Labute approximate surface area is 190 Å². The third kappa shape index (κ3) is 6.57. The van der Waals surface area contributed by atoms with Crippen molar-refractivity contribution in [3.8, 4) is 0 Å². The molecule has 0 aliphatic heterocycles. The highest BCUT2D eigenvalue weighted by molar-refractivity contribution is 5.96. The molecule has 0 fully saturated rings. The molecule has 0 bridgehead atoms. The third-order valence-corrected chi connectivity index (χ3v) is 4.36. The second-order valence-electron chi connectivity index (χ2n) is 6.71. The van der Waals surface area contributed by atoms with Gasteiger partial charge in [0, 0.05) is 28.6 Å². The highest BCUT2D eigenvalue weighted by atomic mass is 28.1. The number of nitrogens with two attached hydrogens (primary N) is 1. The van der Waals surface area contributed by atoms with Crippen LogP contribution in [0.25, 0.3) is 11.2 Å². The summed E-state index contributed by atoms with van der Waals surface area (Å²) in [4.78, 5) is 60.6. The summed E-state index contributed by atoms with van der Waals surface area (Å²) < 4.78 is 0. The molecule has 2 heterocycles. The molecule has 0 aliphatic carbocycles. The number of aliphatic carboxylic acids is 2.